The number of fused-ring (bicyclic) bond motifs is 1. The first kappa shape index (κ1) is 21.6. The summed E-state index contributed by atoms with van der Waals surface area (Å²) in [6, 6.07) is 14.1. The molecule has 5 heteroatoms. The summed E-state index contributed by atoms with van der Waals surface area (Å²) in [5.41, 5.74) is 5.80. The van der Waals surface area contributed by atoms with Gasteiger partial charge in [-0.25, -0.2) is 9.97 Å². The summed E-state index contributed by atoms with van der Waals surface area (Å²) in [6.07, 6.45) is 12.2. The molecule has 3 aliphatic rings. The number of aryl methyl sites for hydroxylation is 1. The van der Waals surface area contributed by atoms with E-state index in [1.165, 1.54) is 54.4 Å². The summed E-state index contributed by atoms with van der Waals surface area (Å²) in [7, 11) is 0. The van der Waals surface area contributed by atoms with Crippen molar-refractivity contribution in [3.05, 3.63) is 53.9 Å². The second-order valence-corrected chi connectivity index (χ2v) is 10.6. The van der Waals surface area contributed by atoms with E-state index >= 15 is 0 Å². The van der Waals surface area contributed by atoms with Crippen LogP contribution in [-0.2, 0) is 11.3 Å². The Labute approximate surface area is 202 Å². The zero-order valence-electron chi connectivity index (χ0n) is 20.1. The lowest BCUT2D eigenvalue weighted by molar-refractivity contribution is -0.137. The highest BCUT2D eigenvalue weighted by Crippen LogP contribution is 2.35. The van der Waals surface area contributed by atoms with Crippen molar-refractivity contribution in [2.24, 2.45) is 5.92 Å². The molecule has 3 aromatic rings. The Hall–Kier alpha value is -2.95. The van der Waals surface area contributed by atoms with Gasteiger partial charge < -0.3 is 10.2 Å². The van der Waals surface area contributed by atoms with Crippen molar-refractivity contribution in [3.63, 3.8) is 0 Å². The fourth-order valence-electron chi connectivity index (χ4n) is 5.45. The molecular weight excluding hydrogens is 420 g/mol. The maximum Gasteiger partial charge on any atom is 0.226 e. The fourth-order valence-corrected chi connectivity index (χ4v) is 5.45. The second kappa shape index (κ2) is 9.01. The lowest BCUT2D eigenvalue weighted by Gasteiger charge is -2.29. The van der Waals surface area contributed by atoms with Crippen molar-refractivity contribution in [1.82, 2.24) is 14.9 Å². The SMILES string of the molecule is Cc1cc2ncnc(NC3CC3)c2cc1-c1cccc(CN(C(=O)C2CCCCC2)C2CC2)c1. The van der Waals surface area contributed by atoms with Crippen LogP contribution in [0.5, 0.6) is 0 Å². The molecule has 0 atom stereocenters. The van der Waals surface area contributed by atoms with Crippen LogP contribution in [-0.4, -0.2) is 32.9 Å². The number of carbonyl (C=O) groups excluding carboxylic acids is 1. The molecular formula is C29H34N4O. The Bertz CT molecular complexity index is 1210. The van der Waals surface area contributed by atoms with E-state index in [4.69, 9.17) is 0 Å². The molecule has 3 aliphatic carbocycles. The van der Waals surface area contributed by atoms with Crippen molar-refractivity contribution in [2.75, 3.05) is 5.32 Å². The predicted octanol–water partition coefficient (Wildman–Crippen LogP) is 6.25. The molecule has 2 aromatic carbocycles. The molecule has 0 spiro atoms. The van der Waals surface area contributed by atoms with E-state index < -0.39 is 0 Å². The molecule has 1 heterocycles. The number of anilines is 1. The Balaban J connectivity index is 1.29. The van der Waals surface area contributed by atoms with Gasteiger partial charge in [0.25, 0.3) is 0 Å². The smallest absolute Gasteiger partial charge is 0.226 e. The minimum absolute atomic E-state index is 0.234. The van der Waals surface area contributed by atoms with Gasteiger partial charge in [-0.05, 0) is 85.9 Å². The van der Waals surface area contributed by atoms with Gasteiger partial charge >= 0.3 is 0 Å². The average Bonchev–Trinajstić information content (AvgIpc) is 3.78. The van der Waals surface area contributed by atoms with Crippen molar-refractivity contribution >= 4 is 22.6 Å². The summed E-state index contributed by atoms with van der Waals surface area (Å²) in [5.74, 6) is 1.56. The molecule has 0 bridgehead atoms. The van der Waals surface area contributed by atoms with E-state index in [0.29, 0.717) is 18.0 Å². The molecule has 3 fully saturated rings. The molecule has 3 saturated carbocycles. The number of hydrogen-bond acceptors (Lipinski definition) is 4. The second-order valence-electron chi connectivity index (χ2n) is 10.6. The average molecular weight is 455 g/mol. The summed E-state index contributed by atoms with van der Waals surface area (Å²) < 4.78 is 0. The van der Waals surface area contributed by atoms with Crippen LogP contribution >= 0.6 is 0 Å². The maximum atomic E-state index is 13.4. The number of rotatable bonds is 7. The minimum Gasteiger partial charge on any atom is -0.367 e. The van der Waals surface area contributed by atoms with Crippen molar-refractivity contribution in [2.45, 2.75) is 83.3 Å². The summed E-state index contributed by atoms with van der Waals surface area (Å²) in [6.45, 7) is 2.87. The number of aromatic nitrogens is 2. The van der Waals surface area contributed by atoms with Gasteiger partial charge in [-0.15, -0.1) is 0 Å². The van der Waals surface area contributed by atoms with Gasteiger partial charge in [0.15, 0.2) is 0 Å². The molecule has 0 radical (unpaired) electrons. The topological polar surface area (TPSA) is 58.1 Å². The molecule has 5 nitrogen and oxygen atoms in total. The van der Waals surface area contributed by atoms with Crippen LogP contribution in [0.3, 0.4) is 0 Å². The van der Waals surface area contributed by atoms with Gasteiger partial charge in [-0.1, -0.05) is 37.5 Å². The van der Waals surface area contributed by atoms with Gasteiger partial charge in [0.1, 0.15) is 12.1 Å². The Kier molecular flexibility index (Phi) is 5.72. The Morgan fingerprint density at radius 2 is 1.82 bits per heavy atom. The predicted molar refractivity (Wildman–Crippen MR) is 137 cm³/mol. The largest absolute Gasteiger partial charge is 0.367 e. The highest BCUT2D eigenvalue weighted by molar-refractivity contribution is 5.94. The molecule has 0 aliphatic heterocycles. The molecule has 1 aromatic heterocycles. The lowest BCUT2D eigenvalue weighted by Crippen LogP contribution is -2.38. The standard InChI is InChI=1S/C29H34N4O/c1-19-14-27-26(28(31-18-30-27)32-23-10-11-23)16-25(19)22-9-5-6-20(15-22)17-33(24-12-13-24)29(34)21-7-3-2-4-8-21/h5-6,9,14-16,18,21,23-24H,2-4,7-8,10-13,17H2,1H3,(H,30,31,32). The van der Waals surface area contributed by atoms with Gasteiger partial charge in [0, 0.05) is 29.9 Å². The fraction of sp³-hybridized carbons (Fsp3) is 0.483. The third kappa shape index (κ3) is 4.53. The number of amides is 1. The van der Waals surface area contributed by atoms with Crippen LogP contribution in [0.25, 0.3) is 22.0 Å². The van der Waals surface area contributed by atoms with Crippen molar-refractivity contribution < 1.29 is 4.79 Å². The number of nitrogens with one attached hydrogen (secondary N) is 1. The maximum absolute atomic E-state index is 13.4. The number of carbonyl (C=O) groups is 1. The van der Waals surface area contributed by atoms with Crippen LogP contribution in [0.15, 0.2) is 42.7 Å². The van der Waals surface area contributed by atoms with E-state index in [1.54, 1.807) is 6.33 Å². The van der Waals surface area contributed by atoms with Crippen LogP contribution in [0.1, 0.15) is 68.9 Å². The van der Waals surface area contributed by atoms with E-state index in [2.05, 4.69) is 63.5 Å². The van der Waals surface area contributed by atoms with Gasteiger partial charge in [-0.2, -0.15) is 0 Å². The normalized spacial score (nSPS) is 18.7. The summed E-state index contributed by atoms with van der Waals surface area (Å²) in [5, 5.41) is 4.64. The summed E-state index contributed by atoms with van der Waals surface area (Å²) >= 11 is 0. The Morgan fingerprint density at radius 1 is 1.00 bits per heavy atom. The van der Waals surface area contributed by atoms with Crippen LogP contribution in [0.2, 0.25) is 0 Å². The van der Waals surface area contributed by atoms with E-state index in [1.807, 2.05) is 0 Å². The number of hydrogen-bond donors (Lipinski definition) is 1. The van der Waals surface area contributed by atoms with Gasteiger partial charge in [0.05, 0.1) is 5.52 Å². The first-order chi connectivity index (χ1) is 16.7. The molecule has 176 valence electrons. The van der Waals surface area contributed by atoms with Gasteiger partial charge in [-0.3, -0.25) is 4.79 Å². The highest BCUT2D eigenvalue weighted by Gasteiger charge is 2.36. The highest BCUT2D eigenvalue weighted by atomic mass is 16.2. The third-order valence-corrected chi connectivity index (χ3v) is 7.72. The quantitative estimate of drug-likeness (QED) is 0.458. The third-order valence-electron chi connectivity index (χ3n) is 7.72. The zero-order valence-corrected chi connectivity index (χ0v) is 20.1. The van der Waals surface area contributed by atoms with Crippen molar-refractivity contribution in [3.8, 4) is 11.1 Å². The van der Waals surface area contributed by atoms with E-state index in [0.717, 1.165) is 48.9 Å². The van der Waals surface area contributed by atoms with E-state index in [-0.39, 0.29) is 5.92 Å². The first-order valence-electron chi connectivity index (χ1n) is 13.1. The minimum atomic E-state index is 0.234. The van der Waals surface area contributed by atoms with Crippen molar-refractivity contribution in [1.29, 1.82) is 0 Å². The molecule has 1 amide bonds. The van der Waals surface area contributed by atoms with Crippen LogP contribution in [0.4, 0.5) is 5.82 Å². The molecule has 0 saturated heterocycles. The first-order valence-corrected chi connectivity index (χ1v) is 13.1. The molecule has 6 rings (SSSR count). The molecule has 0 unspecified atom stereocenters. The molecule has 34 heavy (non-hydrogen) atoms. The number of benzene rings is 2. The molecule has 1 N–H and O–H groups in total. The monoisotopic (exact) mass is 454 g/mol. The Morgan fingerprint density at radius 3 is 2.59 bits per heavy atom. The van der Waals surface area contributed by atoms with Crippen LogP contribution < -0.4 is 5.32 Å². The van der Waals surface area contributed by atoms with Gasteiger partial charge in [0.2, 0.25) is 5.91 Å². The lowest BCUT2D eigenvalue weighted by atomic mass is 9.88. The number of nitrogens with zero attached hydrogens (tertiary/aromatic N) is 3. The zero-order chi connectivity index (χ0) is 23.1. The van der Waals surface area contributed by atoms with Crippen LogP contribution in [0, 0.1) is 12.8 Å². The summed E-state index contributed by atoms with van der Waals surface area (Å²) in [4.78, 5) is 24.6. The van der Waals surface area contributed by atoms with E-state index in [9.17, 15) is 4.79 Å².